The second-order valence-corrected chi connectivity index (χ2v) is 6.61. The van der Waals surface area contributed by atoms with Crippen LogP contribution in [0.3, 0.4) is 0 Å². The molecule has 0 aromatic carbocycles. The van der Waals surface area contributed by atoms with E-state index in [1.807, 2.05) is 0 Å². The third-order valence-electron chi connectivity index (χ3n) is 4.48. The molecule has 6 nitrogen and oxygen atoms in total. The van der Waals surface area contributed by atoms with Crippen LogP contribution in [0.25, 0.3) is 0 Å². The van der Waals surface area contributed by atoms with E-state index < -0.39 is 11.9 Å². The topological polar surface area (TPSA) is 77.7 Å². The number of esters is 2. The van der Waals surface area contributed by atoms with Gasteiger partial charge in [-0.3, -0.25) is 0 Å². The molecule has 0 aromatic heterocycles. The molecule has 0 aromatic rings. The van der Waals surface area contributed by atoms with Gasteiger partial charge in [-0.25, -0.2) is 9.59 Å². The Balaban J connectivity index is 1.47. The molecule has 0 spiro atoms. The van der Waals surface area contributed by atoms with E-state index in [4.69, 9.17) is 18.9 Å². The highest BCUT2D eigenvalue weighted by atomic mass is 16.7. The van der Waals surface area contributed by atoms with Crippen molar-refractivity contribution in [2.75, 3.05) is 13.2 Å². The van der Waals surface area contributed by atoms with Crippen molar-refractivity contribution in [1.29, 1.82) is 0 Å². The van der Waals surface area contributed by atoms with Crippen LogP contribution in [0, 0.1) is 0 Å². The van der Waals surface area contributed by atoms with Crippen LogP contribution >= 0.6 is 0 Å². The molecule has 0 saturated carbocycles. The van der Waals surface area contributed by atoms with E-state index in [-0.39, 0.29) is 37.6 Å². The molecule has 0 radical (unpaired) electrons. The maximum atomic E-state index is 11.6. The van der Waals surface area contributed by atoms with Crippen LogP contribution in [0.5, 0.6) is 0 Å². The number of hydrogen-bond donors (Lipinski definition) is 0. The number of hydrogen-bond acceptors (Lipinski definition) is 6. The van der Waals surface area contributed by atoms with E-state index in [0.29, 0.717) is 0 Å². The van der Waals surface area contributed by atoms with Crippen LogP contribution in [0.1, 0.15) is 65.2 Å². The molecule has 2 fully saturated rings. The van der Waals surface area contributed by atoms with Gasteiger partial charge in [0, 0.05) is 0 Å². The van der Waals surface area contributed by atoms with Gasteiger partial charge in [-0.2, -0.15) is 0 Å². The summed E-state index contributed by atoms with van der Waals surface area (Å²) in [7, 11) is 0. The zero-order valence-electron chi connectivity index (χ0n) is 14.8. The summed E-state index contributed by atoms with van der Waals surface area (Å²) in [6.07, 6.45) is 9.13. The lowest BCUT2D eigenvalue weighted by molar-refractivity contribution is -0.168. The fourth-order valence-corrected chi connectivity index (χ4v) is 2.78. The first-order valence-electron chi connectivity index (χ1n) is 9.30. The molecule has 0 aliphatic carbocycles. The largest absolute Gasteiger partial charge is 0.454 e. The van der Waals surface area contributed by atoms with Gasteiger partial charge in [-0.15, -0.1) is 0 Å². The van der Waals surface area contributed by atoms with Crippen molar-refractivity contribution in [3.05, 3.63) is 0 Å². The van der Waals surface area contributed by atoms with E-state index >= 15 is 0 Å². The maximum Gasteiger partial charge on any atom is 0.417 e. The minimum absolute atomic E-state index is 0.0617. The Morgan fingerprint density at radius 1 is 0.708 bits per heavy atom. The number of ether oxygens (including phenoxy) is 4. The SMILES string of the molecule is CCCCCC1OC1COC(=O)C(=O)OCC1OC1CCCCC. The molecule has 6 heteroatoms. The zero-order chi connectivity index (χ0) is 17.4. The number of carbonyl (C=O) groups is 2. The van der Waals surface area contributed by atoms with Crippen molar-refractivity contribution in [2.45, 2.75) is 89.6 Å². The molecule has 138 valence electrons. The van der Waals surface area contributed by atoms with Gasteiger partial charge < -0.3 is 18.9 Å². The summed E-state index contributed by atoms with van der Waals surface area (Å²) in [6, 6.07) is 0. The van der Waals surface area contributed by atoms with E-state index in [2.05, 4.69) is 13.8 Å². The van der Waals surface area contributed by atoms with Crippen LogP contribution in [0.15, 0.2) is 0 Å². The summed E-state index contributed by atoms with van der Waals surface area (Å²) in [4.78, 5) is 23.1. The predicted octanol–water partition coefficient (Wildman–Crippen LogP) is 2.77. The van der Waals surface area contributed by atoms with E-state index in [0.717, 1.165) is 25.7 Å². The number of rotatable bonds is 12. The quantitative estimate of drug-likeness (QED) is 0.235. The molecule has 4 unspecified atom stereocenters. The molecule has 2 saturated heterocycles. The lowest BCUT2D eigenvalue weighted by Crippen LogP contribution is -2.24. The lowest BCUT2D eigenvalue weighted by atomic mass is 10.1. The van der Waals surface area contributed by atoms with Crippen molar-refractivity contribution < 1.29 is 28.5 Å². The first kappa shape index (κ1) is 19.2. The van der Waals surface area contributed by atoms with Gasteiger partial charge in [0.05, 0.1) is 12.2 Å². The van der Waals surface area contributed by atoms with Gasteiger partial charge in [-0.1, -0.05) is 52.4 Å². The van der Waals surface area contributed by atoms with Gasteiger partial charge in [0.15, 0.2) is 0 Å². The molecule has 2 aliphatic heterocycles. The Hall–Kier alpha value is -1.14. The van der Waals surface area contributed by atoms with Crippen molar-refractivity contribution in [3.63, 3.8) is 0 Å². The fourth-order valence-electron chi connectivity index (χ4n) is 2.78. The number of unbranched alkanes of at least 4 members (excludes halogenated alkanes) is 4. The van der Waals surface area contributed by atoms with Crippen molar-refractivity contribution in [3.8, 4) is 0 Å². The molecule has 2 aliphatic rings. The highest BCUT2D eigenvalue weighted by molar-refractivity contribution is 6.29. The Morgan fingerprint density at radius 3 is 1.50 bits per heavy atom. The van der Waals surface area contributed by atoms with Gasteiger partial charge in [-0.05, 0) is 12.8 Å². The second kappa shape index (κ2) is 9.99. The fraction of sp³-hybridized carbons (Fsp3) is 0.889. The molecule has 4 atom stereocenters. The molecular weight excluding hydrogens is 312 g/mol. The summed E-state index contributed by atoms with van der Waals surface area (Å²) < 4.78 is 20.7. The third kappa shape index (κ3) is 6.77. The lowest BCUT2D eigenvalue weighted by Gasteiger charge is -2.03. The normalized spacial score (nSPS) is 27.6. The summed E-state index contributed by atoms with van der Waals surface area (Å²) in [5, 5.41) is 0. The van der Waals surface area contributed by atoms with E-state index in [1.165, 1.54) is 25.7 Å². The van der Waals surface area contributed by atoms with Crippen molar-refractivity contribution in [2.24, 2.45) is 0 Å². The van der Waals surface area contributed by atoms with Crippen LogP contribution in [-0.4, -0.2) is 49.6 Å². The summed E-state index contributed by atoms with van der Waals surface area (Å²) in [5.41, 5.74) is 0. The van der Waals surface area contributed by atoms with Gasteiger partial charge in [0.2, 0.25) is 0 Å². The van der Waals surface area contributed by atoms with Crippen LogP contribution in [0.4, 0.5) is 0 Å². The molecule has 2 heterocycles. The number of epoxide rings is 2. The highest BCUT2D eigenvalue weighted by Gasteiger charge is 2.41. The predicted molar refractivity (Wildman–Crippen MR) is 87.5 cm³/mol. The molecule has 0 N–H and O–H groups in total. The van der Waals surface area contributed by atoms with Crippen LogP contribution < -0.4 is 0 Å². The Bertz CT molecular complexity index is 372. The molecular formula is C18H30O6. The highest BCUT2D eigenvalue weighted by Crippen LogP contribution is 2.28. The van der Waals surface area contributed by atoms with Gasteiger partial charge >= 0.3 is 11.9 Å². The van der Waals surface area contributed by atoms with Gasteiger partial charge in [0.1, 0.15) is 25.4 Å². The minimum atomic E-state index is -0.944. The van der Waals surface area contributed by atoms with Crippen molar-refractivity contribution >= 4 is 11.9 Å². The smallest absolute Gasteiger partial charge is 0.417 e. The minimum Gasteiger partial charge on any atom is -0.454 e. The molecule has 0 bridgehead atoms. The zero-order valence-corrected chi connectivity index (χ0v) is 14.8. The van der Waals surface area contributed by atoms with Crippen molar-refractivity contribution in [1.82, 2.24) is 0 Å². The first-order valence-corrected chi connectivity index (χ1v) is 9.30. The molecule has 24 heavy (non-hydrogen) atoms. The van der Waals surface area contributed by atoms with E-state index in [1.54, 1.807) is 0 Å². The van der Waals surface area contributed by atoms with Crippen LogP contribution in [-0.2, 0) is 28.5 Å². The summed E-state index contributed by atoms with van der Waals surface area (Å²) in [6.45, 7) is 4.56. The Kier molecular flexibility index (Phi) is 7.99. The van der Waals surface area contributed by atoms with Crippen LogP contribution in [0.2, 0.25) is 0 Å². The first-order chi connectivity index (χ1) is 11.7. The monoisotopic (exact) mass is 342 g/mol. The maximum absolute atomic E-state index is 11.6. The molecule has 0 amide bonds. The summed E-state index contributed by atoms with van der Waals surface area (Å²) in [5.74, 6) is -1.89. The Morgan fingerprint density at radius 2 is 1.12 bits per heavy atom. The van der Waals surface area contributed by atoms with Gasteiger partial charge in [0.25, 0.3) is 0 Å². The standard InChI is InChI=1S/C18H30O6/c1-3-5-7-9-13-15(23-13)11-21-17(19)18(20)22-12-16-14(24-16)10-8-6-4-2/h13-16H,3-12H2,1-2H3. The van der Waals surface area contributed by atoms with E-state index in [9.17, 15) is 9.59 Å². The Labute approximate surface area is 144 Å². The number of carbonyl (C=O) groups excluding carboxylic acids is 2. The summed E-state index contributed by atoms with van der Waals surface area (Å²) >= 11 is 0. The molecule has 2 rings (SSSR count). The third-order valence-corrected chi connectivity index (χ3v) is 4.48. The second-order valence-electron chi connectivity index (χ2n) is 6.61. The average molecular weight is 342 g/mol. The average Bonchev–Trinajstić information content (AvgIpc) is 3.48.